The molecular weight excluding hydrogens is 380 g/mol. The van der Waals surface area contributed by atoms with Crippen LogP contribution >= 0.6 is 0 Å². The molecule has 1 aromatic carbocycles. The van der Waals surface area contributed by atoms with Gasteiger partial charge < -0.3 is 15.3 Å². The predicted octanol–water partition coefficient (Wildman–Crippen LogP) is 2.17. The van der Waals surface area contributed by atoms with Crippen molar-refractivity contribution in [1.82, 2.24) is 10.2 Å². The number of nitrogens with zero attached hydrogens (tertiary/aromatic N) is 1. The molecule has 5 nitrogen and oxygen atoms in total. The van der Waals surface area contributed by atoms with E-state index in [0.717, 1.165) is 18.2 Å². The Hall–Kier alpha value is -2.16. The zero-order chi connectivity index (χ0) is 20.5. The largest absolute Gasteiger partial charge is 0.416 e. The third kappa shape index (κ3) is 3.15. The molecule has 2 fully saturated rings. The van der Waals surface area contributed by atoms with E-state index in [9.17, 15) is 32.3 Å². The van der Waals surface area contributed by atoms with Crippen molar-refractivity contribution in [2.45, 2.75) is 55.6 Å². The molecule has 2 N–H and O–H groups in total. The number of carbonyl (C=O) groups is 2. The molecule has 9 heteroatoms. The maximum Gasteiger partial charge on any atom is 0.416 e. The summed E-state index contributed by atoms with van der Waals surface area (Å²) in [5.74, 6) is -1.01. The van der Waals surface area contributed by atoms with Gasteiger partial charge in [-0.05, 0) is 49.9 Å². The number of aliphatic hydroxyl groups is 1. The van der Waals surface area contributed by atoms with Gasteiger partial charge in [-0.2, -0.15) is 13.2 Å². The smallest absolute Gasteiger partial charge is 0.390 e. The van der Waals surface area contributed by atoms with Crippen molar-refractivity contribution >= 4 is 11.8 Å². The summed E-state index contributed by atoms with van der Waals surface area (Å²) in [6, 6.07) is 2.55. The monoisotopic (exact) mass is 400 g/mol. The number of amides is 2. The van der Waals surface area contributed by atoms with E-state index in [-0.39, 0.29) is 36.7 Å². The number of halogens is 4. The van der Waals surface area contributed by atoms with Crippen LogP contribution < -0.4 is 5.32 Å². The summed E-state index contributed by atoms with van der Waals surface area (Å²) in [7, 11) is 0. The standard InChI is InChI=1S/C19H20F4N2O3/c1-17(28)5-11(6-17)24-15(26)8-25-9-18(7-14(18)20)13-4-10(19(21,22)23)2-3-12(13)16(25)27/h2-4,11,14,28H,5-9H2,1H3,(H,24,26)/t11?,14-,17?,18+/m0/s1. The lowest BCUT2D eigenvalue weighted by molar-refractivity contribution is -0.137. The van der Waals surface area contributed by atoms with Crippen LogP contribution in [0.5, 0.6) is 0 Å². The van der Waals surface area contributed by atoms with Gasteiger partial charge >= 0.3 is 6.18 Å². The summed E-state index contributed by atoms with van der Waals surface area (Å²) >= 11 is 0. The third-order valence-electron chi connectivity index (χ3n) is 5.93. The Labute approximate surface area is 158 Å². The molecule has 3 aliphatic rings. The highest BCUT2D eigenvalue weighted by Gasteiger charge is 2.61. The van der Waals surface area contributed by atoms with Crippen molar-refractivity contribution in [3.63, 3.8) is 0 Å². The minimum Gasteiger partial charge on any atom is -0.390 e. The molecule has 1 aliphatic heterocycles. The first kappa shape index (κ1) is 19.2. The molecule has 2 aliphatic carbocycles. The molecule has 2 amide bonds. The van der Waals surface area contributed by atoms with Crippen LogP contribution in [0.4, 0.5) is 17.6 Å². The van der Waals surface area contributed by atoms with Crippen LogP contribution in [0.2, 0.25) is 0 Å². The zero-order valence-electron chi connectivity index (χ0n) is 15.1. The van der Waals surface area contributed by atoms with Crippen LogP contribution in [0.1, 0.15) is 47.7 Å². The molecule has 0 unspecified atom stereocenters. The van der Waals surface area contributed by atoms with Crippen LogP contribution in [-0.2, 0) is 16.4 Å². The van der Waals surface area contributed by atoms with Crippen LogP contribution in [0.15, 0.2) is 18.2 Å². The molecule has 2 saturated carbocycles. The Morgan fingerprint density at radius 3 is 2.50 bits per heavy atom. The SMILES string of the molecule is CC1(O)CC(NC(=O)CN2C[C@]3(C[C@@H]3F)c3cc(C(F)(F)F)ccc3C2=O)C1. The number of carbonyl (C=O) groups excluding carboxylic acids is 2. The third-order valence-corrected chi connectivity index (χ3v) is 5.93. The minimum atomic E-state index is -4.58. The highest BCUT2D eigenvalue weighted by molar-refractivity contribution is 6.00. The average molecular weight is 400 g/mol. The van der Waals surface area contributed by atoms with Crippen molar-refractivity contribution in [2.24, 2.45) is 0 Å². The first-order valence-corrected chi connectivity index (χ1v) is 9.08. The molecule has 1 heterocycles. The number of hydrogen-bond acceptors (Lipinski definition) is 3. The van der Waals surface area contributed by atoms with Crippen LogP contribution in [0, 0.1) is 0 Å². The summed E-state index contributed by atoms with van der Waals surface area (Å²) in [6.45, 7) is 1.23. The van der Waals surface area contributed by atoms with Crippen molar-refractivity contribution in [3.05, 3.63) is 34.9 Å². The van der Waals surface area contributed by atoms with Gasteiger partial charge in [0.1, 0.15) is 6.17 Å². The maximum absolute atomic E-state index is 14.2. The average Bonchev–Trinajstić information content (AvgIpc) is 3.19. The normalized spacial score (nSPS) is 34.1. The zero-order valence-corrected chi connectivity index (χ0v) is 15.1. The van der Waals surface area contributed by atoms with E-state index >= 15 is 0 Å². The summed E-state index contributed by atoms with van der Waals surface area (Å²) in [6.07, 6.45) is -5.09. The fourth-order valence-electron chi connectivity index (χ4n) is 4.37. The number of hydrogen-bond donors (Lipinski definition) is 2. The van der Waals surface area contributed by atoms with E-state index in [0.29, 0.717) is 12.8 Å². The number of alkyl halides is 4. The van der Waals surface area contributed by atoms with Gasteiger partial charge in [0.2, 0.25) is 5.91 Å². The van der Waals surface area contributed by atoms with Gasteiger partial charge in [0.25, 0.3) is 5.91 Å². The lowest BCUT2D eigenvalue weighted by Crippen LogP contribution is -2.56. The van der Waals surface area contributed by atoms with Crippen molar-refractivity contribution in [2.75, 3.05) is 13.1 Å². The van der Waals surface area contributed by atoms with Crippen molar-refractivity contribution < 1.29 is 32.3 Å². The van der Waals surface area contributed by atoms with E-state index < -0.39 is 40.7 Å². The molecule has 28 heavy (non-hydrogen) atoms. The topological polar surface area (TPSA) is 69.6 Å². The highest BCUT2D eigenvalue weighted by atomic mass is 19.4. The molecule has 0 bridgehead atoms. The first-order chi connectivity index (χ1) is 12.9. The van der Waals surface area contributed by atoms with Gasteiger partial charge in [-0.25, -0.2) is 4.39 Å². The van der Waals surface area contributed by atoms with Gasteiger partial charge in [0.05, 0.1) is 17.7 Å². The molecule has 1 aromatic rings. The molecule has 2 atom stereocenters. The molecule has 0 aromatic heterocycles. The second kappa shape index (κ2) is 5.92. The lowest BCUT2D eigenvalue weighted by Gasteiger charge is -2.41. The molecule has 4 rings (SSSR count). The van der Waals surface area contributed by atoms with E-state index in [2.05, 4.69) is 5.32 Å². The van der Waals surface area contributed by atoms with Gasteiger partial charge in [-0.1, -0.05) is 0 Å². The van der Waals surface area contributed by atoms with Crippen LogP contribution in [0.25, 0.3) is 0 Å². The second-order valence-corrected chi connectivity index (χ2v) is 8.42. The number of rotatable bonds is 3. The molecule has 0 saturated heterocycles. The first-order valence-electron chi connectivity index (χ1n) is 9.08. The Morgan fingerprint density at radius 1 is 1.32 bits per heavy atom. The Morgan fingerprint density at radius 2 is 1.96 bits per heavy atom. The van der Waals surface area contributed by atoms with Gasteiger partial charge in [0, 0.05) is 23.6 Å². The van der Waals surface area contributed by atoms with E-state index in [1.54, 1.807) is 6.92 Å². The number of fused-ring (bicyclic) bond motifs is 2. The van der Waals surface area contributed by atoms with E-state index in [1.807, 2.05) is 0 Å². The minimum absolute atomic E-state index is 0.0128. The fraction of sp³-hybridized carbons (Fsp3) is 0.579. The summed E-state index contributed by atoms with van der Waals surface area (Å²) in [5, 5.41) is 12.4. The van der Waals surface area contributed by atoms with Crippen LogP contribution in [0.3, 0.4) is 0 Å². The summed E-state index contributed by atoms with van der Waals surface area (Å²) < 4.78 is 53.3. The van der Waals surface area contributed by atoms with E-state index in [1.165, 1.54) is 4.90 Å². The summed E-state index contributed by atoms with van der Waals surface area (Å²) in [5.41, 5.74) is -2.82. The maximum atomic E-state index is 14.2. The molecule has 1 spiro atoms. The van der Waals surface area contributed by atoms with Gasteiger partial charge in [-0.3, -0.25) is 9.59 Å². The van der Waals surface area contributed by atoms with Gasteiger partial charge in [0.15, 0.2) is 0 Å². The van der Waals surface area contributed by atoms with Gasteiger partial charge in [-0.15, -0.1) is 0 Å². The Kier molecular flexibility index (Phi) is 4.05. The fourth-order valence-corrected chi connectivity index (χ4v) is 4.37. The van der Waals surface area contributed by atoms with Crippen LogP contribution in [-0.4, -0.2) is 52.7 Å². The Balaban J connectivity index is 1.53. The predicted molar refractivity (Wildman–Crippen MR) is 90.3 cm³/mol. The highest BCUT2D eigenvalue weighted by Crippen LogP contribution is 2.55. The second-order valence-electron chi connectivity index (χ2n) is 8.42. The summed E-state index contributed by atoms with van der Waals surface area (Å²) in [4.78, 5) is 26.2. The lowest BCUT2D eigenvalue weighted by atomic mass is 9.77. The van der Waals surface area contributed by atoms with E-state index in [4.69, 9.17) is 0 Å². The molecular formula is C19H20F4N2O3. The molecule has 152 valence electrons. The number of nitrogens with one attached hydrogen (secondary N) is 1. The molecule has 0 radical (unpaired) electrons. The number of benzene rings is 1. The Bertz CT molecular complexity index is 846. The van der Waals surface area contributed by atoms with Crippen molar-refractivity contribution in [3.8, 4) is 0 Å². The quantitative estimate of drug-likeness (QED) is 0.765. The van der Waals surface area contributed by atoms with Crippen molar-refractivity contribution in [1.29, 1.82) is 0 Å².